The van der Waals surface area contributed by atoms with Gasteiger partial charge in [0.1, 0.15) is 5.60 Å². The minimum atomic E-state index is -0.498. The maximum absolute atomic E-state index is 12.1. The molecule has 88 valence electrons. The van der Waals surface area contributed by atoms with Crippen molar-refractivity contribution in [3.63, 3.8) is 0 Å². The van der Waals surface area contributed by atoms with Crippen LogP contribution in [0.4, 0.5) is 0 Å². The molecular formula is C12H24NO2+. The number of carbonyl (C=O) groups excluding carboxylic acids is 1. The summed E-state index contributed by atoms with van der Waals surface area (Å²) >= 11 is 0. The second kappa shape index (κ2) is 4.22. The zero-order chi connectivity index (χ0) is 11.7. The van der Waals surface area contributed by atoms with Gasteiger partial charge < -0.3 is 9.22 Å². The van der Waals surface area contributed by atoms with Gasteiger partial charge in [0.15, 0.2) is 5.78 Å². The van der Waals surface area contributed by atoms with E-state index < -0.39 is 5.60 Å². The van der Waals surface area contributed by atoms with Gasteiger partial charge in [-0.15, -0.1) is 0 Å². The molecule has 1 heterocycles. The molecule has 3 nitrogen and oxygen atoms in total. The van der Waals surface area contributed by atoms with Crippen molar-refractivity contribution in [2.75, 3.05) is 34.3 Å². The van der Waals surface area contributed by atoms with Crippen LogP contribution in [0.5, 0.6) is 0 Å². The molecule has 0 aromatic rings. The van der Waals surface area contributed by atoms with Crippen molar-refractivity contribution in [1.82, 2.24) is 0 Å². The molecule has 0 atom stereocenters. The largest absolute Gasteiger partial charge is 0.370 e. The summed E-state index contributed by atoms with van der Waals surface area (Å²) in [6.45, 7) is 5.95. The summed E-state index contributed by atoms with van der Waals surface area (Å²) in [5.74, 6) is 0.336. The summed E-state index contributed by atoms with van der Waals surface area (Å²) in [5, 5.41) is 0. The molecule has 0 aromatic heterocycles. The lowest BCUT2D eigenvalue weighted by Gasteiger charge is -2.43. The standard InChI is InChI=1S/C12H24NO2/c1-10(2)11(14)12(15-5)6-8-13(3,4)9-7-12/h10H,6-9H2,1-5H3/q+1. The first-order valence-corrected chi connectivity index (χ1v) is 5.74. The van der Waals surface area contributed by atoms with E-state index >= 15 is 0 Å². The van der Waals surface area contributed by atoms with Crippen LogP contribution in [0.3, 0.4) is 0 Å². The molecule has 0 N–H and O–H groups in total. The highest BCUT2D eigenvalue weighted by Crippen LogP contribution is 2.31. The Morgan fingerprint density at radius 1 is 1.27 bits per heavy atom. The minimum absolute atomic E-state index is 0.0682. The van der Waals surface area contributed by atoms with Gasteiger partial charge >= 0.3 is 0 Å². The first-order valence-electron chi connectivity index (χ1n) is 5.74. The summed E-state index contributed by atoms with van der Waals surface area (Å²) in [6.07, 6.45) is 1.71. The van der Waals surface area contributed by atoms with Crippen molar-refractivity contribution in [3.05, 3.63) is 0 Å². The number of hydrogen-bond acceptors (Lipinski definition) is 2. The number of piperidine rings is 1. The maximum Gasteiger partial charge on any atom is 0.167 e. The molecule has 0 radical (unpaired) electrons. The maximum atomic E-state index is 12.1. The lowest BCUT2D eigenvalue weighted by Crippen LogP contribution is -2.57. The lowest BCUT2D eigenvalue weighted by atomic mass is 9.82. The van der Waals surface area contributed by atoms with Gasteiger partial charge in [-0.25, -0.2) is 0 Å². The van der Waals surface area contributed by atoms with Crippen molar-refractivity contribution < 1.29 is 14.0 Å². The smallest absolute Gasteiger partial charge is 0.167 e. The number of Topliss-reactive ketones (excluding diaryl/α,β-unsaturated/α-hetero) is 1. The Morgan fingerprint density at radius 2 is 1.73 bits per heavy atom. The van der Waals surface area contributed by atoms with Crippen molar-refractivity contribution in [3.8, 4) is 0 Å². The highest BCUT2D eigenvalue weighted by atomic mass is 16.5. The van der Waals surface area contributed by atoms with Gasteiger partial charge in [-0.1, -0.05) is 13.8 Å². The van der Waals surface area contributed by atoms with Crippen molar-refractivity contribution in [2.45, 2.75) is 32.3 Å². The molecule has 1 aliphatic rings. The molecule has 3 heteroatoms. The second-order valence-electron chi connectivity index (χ2n) is 5.60. The van der Waals surface area contributed by atoms with E-state index in [1.165, 1.54) is 0 Å². The van der Waals surface area contributed by atoms with Gasteiger partial charge in [-0.3, -0.25) is 4.79 Å². The topological polar surface area (TPSA) is 26.3 Å². The summed E-state index contributed by atoms with van der Waals surface area (Å²) in [4.78, 5) is 12.1. The summed E-state index contributed by atoms with van der Waals surface area (Å²) in [7, 11) is 6.09. The quantitative estimate of drug-likeness (QED) is 0.665. The van der Waals surface area contributed by atoms with Crippen LogP contribution < -0.4 is 0 Å². The van der Waals surface area contributed by atoms with Crippen LogP contribution in [0.1, 0.15) is 26.7 Å². The van der Waals surface area contributed by atoms with Crippen LogP contribution in [0.2, 0.25) is 0 Å². The highest BCUT2D eigenvalue weighted by Gasteiger charge is 2.45. The molecule has 1 saturated heterocycles. The highest BCUT2D eigenvalue weighted by molar-refractivity contribution is 5.89. The van der Waals surface area contributed by atoms with E-state index in [0.29, 0.717) is 0 Å². The Morgan fingerprint density at radius 3 is 2.07 bits per heavy atom. The fraction of sp³-hybridized carbons (Fsp3) is 0.917. The van der Waals surface area contributed by atoms with E-state index in [4.69, 9.17) is 4.74 Å². The number of carbonyl (C=O) groups is 1. The predicted octanol–water partition coefficient (Wildman–Crippen LogP) is 1.47. The molecule has 0 saturated carbocycles. The average molecular weight is 214 g/mol. The van der Waals surface area contributed by atoms with Gasteiger partial charge in [0, 0.05) is 25.9 Å². The minimum Gasteiger partial charge on any atom is -0.370 e. The third kappa shape index (κ3) is 2.58. The summed E-state index contributed by atoms with van der Waals surface area (Å²) in [6, 6.07) is 0. The Balaban J connectivity index is 2.77. The van der Waals surface area contributed by atoms with E-state index in [1.54, 1.807) is 7.11 Å². The van der Waals surface area contributed by atoms with Gasteiger partial charge in [0.25, 0.3) is 0 Å². The van der Waals surface area contributed by atoms with Gasteiger partial charge in [-0.05, 0) is 0 Å². The first-order chi connectivity index (χ1) is 6.83. The average Bonchev–Trinajstić information content (AvgIpc) is 2.18. The van der Waals surface area contributed by atoms with Gasteiger partial charge in [0.2, 0.25) is 0 Å². The van der Waals surface area contributed by atoms with Crippen molar-refractivity contribution >= 4 is 5.78 Å². The van der Waals surface area contributed by atoms with Crippen molar-refractivity contribution in [2.24, 2.45) is 5.92 Å². The fourth-order valence-electron chi connectivity index (χ4n) is 2.28. The number of ketones is 1. The number of likely N-dealkylation sites (tertiary alicyclic amines) is 1. The van der Waals surface area contributed by atoms with Crippen LogP contribution in [0.15, 0.2) is 0 Å². The van der Waals surface area contributed by atoms with E-state index in [2.05, 4.69) is 14.1 Å². The molecule has 1 fully saturated rings. The number of hydrogen-bond donors (Lipinski definition) is 0. The molecule has 0 aliphatic carbocycles. The third-order valence-corrected chi connectivity index (χ3v) is 3.61. The number of nitrogens with zero attached hydrogens (tertiary/aromatic N) is 1. The molecule has 15 heavy (non-hydrogen) atoms. The van der Waals surface area contributed by atoms with Crippen LogP contribution in [0.25, 0.3) is 0 Å². The Labute approximate surface area is 93.0 Å². The zero-order valence-electron chi connectivity index (χ0n) is 10.7. The number of quaternary nitrogens is 1. The predicted molar refractivity (Wildman–Crippen MR) is 60.7 cm³/mol. The second-order valence-corrected chi connectivity index (χ2v) is 5.60. The molecule has 1 aliphatic heterocycles. The normalized spacial score (nSPS) is 24.1. The Bertz CT molecular complexity index is 236. The molecule has 0 aromatic carbocycles. The molecule has 0 amide bonds. The molecular weight excluding hydrogens is 190 g/mol. The molecule has 1 rings (SSSR count). The Kier molecular flexibility index (Phi) is 3.56. The van der Waals surface area contributed by atoms with Crippen LogP contribution >= 0.6 is 0 Å². The number of methoxy groups -OCH3 is 1. The molecule has 0 bridgehead atoms. The Hall–Kier alpha value is -0.410. The molecule has 0 unspecified atom stereocenters. The van der Waals surface area contributed by atoms with E-state index in [1.807, 2.05) is 13.8 Å². The van der Waals surface area contributed by atoms with Crippen molar-refractivity contribution in [1.29, 1.82) is 0 Å². The van der Waals surface area contributed by atoms with Crippen LogP contribution in [-0.4, -0.2) is 50.2 Å². The fourth-order valence-corrected chi connectivity index (χ4v) is 2.28. The SMILES string of the molecule is COC1(C(=O)C(C)C)CC[N+](C)(C)CC1. The van der Waals surface area contributed by atoms with Crippen LogP contribution in [0, 0.1) is 5.92 Å². The monoisotopic (exact) mass is 214 g/mol. The van der Waals surface area contributed by atoms with Gasteiger partial charge in [0.05, 0.1) is 27.2 Å². The van der Waals surface area contributed by atoms with E-state index in [9.17, 15) is 4.79 Å². The van der Waals surface area contributed by atoms with Gasteiger partial charge in [-0.2, -0.15) is 0 Å². The molecule has 0 spiro atoms. The first kappa shape index (κ1) is 12.7. The lowest BCUT2D eigenvalue weighted by molar-refractivity contribution is -0.897. The number of rotatable bonds is 3. The van der Waals surface area contributed by atoms with Crippen LogP contribution in [-0.2, 0) is 9.53 Å². The number of ether oxygens (including phenoxy) is 1. The summed E-state index contributed by atoms with van der Waals surface area (Å²) < 4.78 is 6.53. The van der Waals surface area contributed by atoms with E-state index in [0.717, 1.165) is 30.4 Å². The third-order valence-electron chi connectivity index (χ3n) is 3.61. The van der Waals surface area contributed by atoms with E-state index in [-0.39, 0.29) is 11.7 Å². The summed E-state index contributed by atoms with van der Waals surface area (Å²) in [5.41, 5.74) is -0.498. The zero-order valence-corrected chi connectivity index (χ0v) is 10.7.